The Balaban J connectivity index is 1.50. The van der Waals surface area contributed by atoms with Crippen LogP contribution in [0.3, 0.4) is 0 Å². The predicted molar refractivity (Wildman–Crippen MR) is 111 cm³/mol. The van der Waals surface area contributed by atoms with Gasteiger partial charge in [0, 0.05) is 24.6 Å². The summed E-state index contributed by atoms with van der Waals surface area (Å²) in [4.78, 5) is 27.6. The molecule has 0 saturated heterocycles. The molecule has 3 rings (SSSR count). The molecule has 0 aliphatic carbocycles. The van der Waals surface area contributed by atoms with Crippen LogP contribution in [0.4, 0.5) is 10.5 Å². The molecule has 0 fully saturated rings. The van der Waals surface area contributed by atoms with Crippen molar-refractivity contribution in [2.45, 2.75) is 25.8 Å². The van der Waals surface area contributed by atoms with Gasteiger partial charge >= 0.3 is 11.7 Å². The number of rotatable bonds is 7. The molecular weight excluding hydrogens is 352 g/mol. The first kappa shape index (κ1) is 19.4. The molecule has 0 spiro atoms. The number of carbonyl (C=O) groups excluding carboxylic acids is 1. The Morgan fingerprint density at radius 1 is 1.11 bits per heavy atom. The largest absolute Gasteiger partial charge is 0.347 e. The highest BCUT2D eigenvalue weighted by molar-refractivity contribution is 5.89. The van der Waals surface area contributed by atoms with E-state index in [-0.39, 0.29) is 11.7 Å². The molecule has 0 aliphatic rings. The normalized spacial score (nSPS) is 11.6. The summed E-state index contributed by atoms with van der Waals surface area (Å²) in [6, 6.07) is 19.2. The van der Waals surface area contributed by atoms with Crippen LogP contribution < -0.4 is 16.3 Å². The molecule has 2 N–H and O–H groups in total. The number of aromatic nitrogens is 2. The highest BCUT2D eigenvalue weighted by Crippen LogP contribution is 2.17. The summed E-state index contributed by atoms with van der Waals surface area (Å²) >= 11 is 0. The standard InChI is InChI=1S/C22H24N4O2/c1-17(19-8-3-2-4-9-19)11-13-23-21(27)25-20-10-5-7-18(15-20)16-26-14-6-12-24-22(26)28/h2-10,12,14-15,17H,11,13,16H2,1H3,(H2,23,25,27). The molecular formula is C22H24N4O2. The molecule has 1 atom stereocenters. The van der Waals surface area contributed by atoms with Crippen LogP contribution in [0.25, 0.3) is 0 Å². The average molecular weight is 376 g/mol. The van der Waals surface area contributed by atoms with Gasteiger partial charge in [-0.1, -0.05) is 49.4 Å². The second kappa shape index (κ2) is 9.50. The summed E-state index contributed by atoms with van der Waals surface area (Å²) in [6.07, 6.45) is 4.03. The molecule has 0 bridgehead atoms. The first-order valence-corrected chi connectivity index (χ1v) is 9.32. The lowest BCUT2D eigenvalue weighted by molar-refractivity contribution is 0.252. The molecule has 0 saturated carbocycles. The minimum atomic E-state index is -0.300. The fourth-order valence-electron chi connectivity index (χ4n) is 2.98. The summed E-state index contributed by atoms with van der Waals surface area (Å²) in [7, 11) is 0. The van der Waals surface area contributed by atoms with Crippen molar-refractivity contribution in [2.24, 2.45) is 0 Å². The second-order valence-electron chi connectivity index (χ2n) is 6.71. The van der Waals surface area contributed by atoms with Crippen molar-refractivity contribution in [2.75, 3.05) is 11.9 Å². The molecule has 2 amide bonds. The number of benzene rings is 2. The minimum absolute atomic E-state index is 0.240. The van der Waals surface area contributed by atoms with E-state index in [4.69, 9.17) is 0 Å². The number of carbonyl (C=O) groups is 1. The Labute approximate surface area is 164 Å². The van der Waals surface area contributed by atoms with Gasteiger partial charge in [0.05, 0.1) is 6.54 Å². The maximum Gasteiger partial charge on any atom is 0.347 e. The molecule has 144 valence electrons. The topological polar surface area (TPSA) is 76.0 Å². The highest BCUT2D eigenvalue weighted by atomic mass is 16.2. The van der Waals surface area contributed by atoms with Gasteiger partial charge in [0.25, 0.3) is 0 Å². The van der Waals surface area contributed by atoms with Crippen LogP contribution in [0.2, 0.25) is 0 Å². The van der Waals surface area contributed by atoms with E-state index in [0.29, 0.717) is 24.7 Å². The van der Waals surface area contributed by atoms with Gasteiger partial charge in [-0.05, 0) is 41.7 Å². The summed E-state index contributed by atoms with van der Waals surface area (Å²) in [5, 5.41) is 5.74. The van der Waals surface area contributed by atoms with Crippen molar-refractivity contribution >= 4 is 11.7 Å². The first-order valence-electron chi connectivity index (χ1n) is 9.32. The number of nitrogens with zero attached hydrogens (tertiary/aromatic N) is 2. The Kier molecular flexibility index (Phi) is 6.57. The lowest BCUT2D eigenvalue weighted by Gasteiger charge is -2.13. The van der Waals surface area contributed by atoms with Gasteiger partial charge in [-0.25, -0.2) is 14.6 Å². The Hall–Kier alpha value is -3.41. The Bertz CT molecular complexity index is 969. The first-order chi connectivity index (χ1) is 13.6. The van der Waals surface area contributed by atoms with Crippen LogP contribution in [-0.4, -0.2) is 22.1 Å². The fourth-order valence-corrected chi connectivity index (χ4v) is 2.98. The van der Waals surface area contributed by atoms with Crippen molar-refractivity contribution in [3.63, 3.8) is 0 Å². The van der Waals surface area contributed by atoms with E-state index in [0.717, 1.165) is 12.0 Å². The summed E-state index contributed by atoms with van der Waals surface area (Å²) in [6.45, 7) is 3.14. The quantitative estimate of drug-likeness (QED) is 0.661. The van der Waals surface area contributed by atoms with E-state index in [1.807, 2.05) is 42.5 Å². The smallest absolute Gasteiger partial charge is 0.338 e. The zero-order valence-electron chi connectivity index (χ0n) is 15.8. The van der Waals surface area contributed by atoms with E-state index in [1.54, 1.807) is 12.3 Å². The zero-order chi connectivity index (χ0) is 19.8. The molecule has 6 nitrogen and oxygen atoms in total. The zero-order valence-corrected chi connectivity index (χ0v) is 15.8. The third kappa shape index (κ3) is 5.54. The maximum absolute atomic E-state index is 12.2. The number of nitrogens with one attached hydrogen (secondary N) is 2. The SMILES string of the molecule is CC(CCNC(=O)Nc1cccc(Cn2cccnc2=O)c1)c1ccccc1. The monoisotopic (exact) mass is 376 g/mol. The van der Waals surface area contributed by atoms with E-state index in [1.165, 1.54) is 16.3 Å². The number of hydrogen-bond donors (Lipinski definition) is 2. The van der Waals surface area contributed by atoms with E-state index in [9.17, 15) is 9.59 Å². The van der Waals surface area contributed by atoms with Crippen molar-refractivity contribution in [3.8, 4) is 0 Å². The molecule has 1 unspecified atom stereocenters. The number of urea groups is 1. The average Bonchev–Trinajstić information content (AvgIpc) is 2.70. The van der Waals surface area contributed by atoms with Crippen LogP contribution in [0.5, 0.6) is 0 Å². The molecule has 2 aromatic carbocycles. The molecule has 28 heavy (non-hydrogen) atoms. The molecule has 0 aliphatic heterocycles. The number of anilines is 1. The van der Waals surface area contributed by atoms with Crippen molar-refractivity contribution in [1.29, 1.82) is 0 Å². The molecule has 1 aromatic heterocycles. The Morgan fingerprint density at radius 2 is 1.93 bits per heavy atom. The fraction of sp³-hybridized carbons (Fsp3) is 0.227. The van der Waals surface area contributed by atoms with Gasteiger partial charge in [-0.2, -0.15) is 0 Å². The third-order valence-electron chi connectivity index (χ3n) is 4.55. The second-order valence-corrected chi connectivity index (χ2v) is 6.71. The van der Waals surface area contributed by atoms with Gasteiger partial charge < -0.3 is 10.6 Å². The van der Waals surface area contributed by atoms with Crippen molar-refractivity contribution in [1.82, 2.24) is 14.9 Å². The summed E-state index contributed by atoms with van der Waals surface area (Å²) in [5.41, 5.74) is 2.56. The molecule has 1 heterocycles. The van der Waals surface area contributed by atoms with Gasteiger partial charge in [-0.3, -0.25) is 4.57 Å². The van der Waals surface area contributed by atoms with E-state index >= 15 is 0 Å². The summed E-state index contributed by atoms with van der Waals surface area (Å²) < 4.78 is 1.52. The lowest BCUT2D eigenvalue weighted by atomic mass is 9.98. The Morgan fingerprint density at radius 3 is 2.71 bits per heavy atom. The van der Waals surface area contributed by atoms with Crippen LogP contribution >= 0.6 is 0 Å². The van der Waals surface area contributed by atoms with Gasteiger partial charge in [0.1, 0.15) is 0 Å². The van der Waals surface area contributed by atoms with Crippen LogP contribution in [0, 0.1) is 0 Å². The van der Waals surface area contributed by atoms with Crippen molar-refractivity contribution in [3.05, 3.63) is 94.7 Å². The van der Waals surface area contributed by atoms with Crippen molar-refractivity contribution < 1.29 is 4.79 Å². The van der Waals surface area contributed by atoms with Gasteiger partial charge in [0.15, 0.2) is 0 Å². The number of hydrogen-bond acceptors (Lipinski definition) is 3. The maximum atomic E-state index is 12.2. The molecule has 3 aromatic rings. The molecule has 6 heteroatoms. The van der Waals surface area contributed by atoms with Gasteiger partial charge in [0.2, 0.25) is 0 Å². The van der Waals surface area contributed by atoms with Crippen LogP contribution in [0.15, 0.2) is 77.9 Å². The van der Waals surface area contributed by atoms with Crippen LogP contribution in [-0.2, 0) is 6.54 Å². The summed E-state index contributed by atoms with van der Waals surface area (Å²) in [5.74, 6) is 0.377. The predicted octanol–water partition coefficient (Wildman–Crippen LogP) is 3.61. The molecule has 0 radical (unpaired) electrons. The number of amides is 2. The lowest BCUT2D eigenvalue weighted by Crippen LogP contribution is -2.30. The van der Waals surface area contributed by atoms with Crippen LogP contribution in [0.1, 0.15) is 30.4 Å². The third-order valence-corrected chi connectivity index (χ3v) is 4.55. The van der Waals surface area contributed by atoms with E-state index < -0.39 is 0 Å². The van der Waals surface area contributed by atoms with E-state index in [2.05, 4.69) is 34.7 Å². The van der Waals surface area contributed by atoms with Gasteiger partial charge in [-0.15, -0.1) is 0 Å². The minimum Gasteiger partial charge on any atom is -0.338 e. The highest BCUT2D eigenvalue weighted by Gasteiger charge is 2.07.